The molecule has 0 heterocycles. The van der Waals surface area contributed by atoms with Gasteiger partial charge in [-0.1, -0.05) is 20.8 Å². The van der Waals surface area contributed by atoms with E-state index in [9.17, 15) is 4.79 Å². The van der Waals surface area contributed by atoms with E-state index >= 15 is 0 Å². The number of likely N-dealkylation sites (N-methyl/N-ethyl adjacent to an activating group) is 1. The summed E-state index contributed by atoms with van der Waals surface area (Å²) in [5.74, 6) is -0.767. The molecule has 0 atom stereocenters. The second-order valence-corrected chi connectivity index (χ2v) is 4.13. The van der Waals surface area contributed by atoms with Crippen LogP contribution in [0.3, 0.4) is 0 Å². The summed E-state index contributed by atoms with van der Waals surface area (Å²) in [5, 5.41) is 8.44. The summed E-state index contributed by atoms with van der Waals surface area (Å²) in [6.45, 7) is 7.19. The molecule has 3 nitrogen and oxygen atoms in total. The van der Waals surface area contributed by atoms with Crippen LogP contribution in [0.15, 0.2) is 0 Å². The standard InChI is InChI=1S/C8H17NO2/c1-8(2,3)6-9(4)5-7(10)11/h5-6H2,1-4H3,(H,10,11). The molecule has 0 unspecified atom stereocenters. The van der Waals surface area contributed by atoms with Gasteiger partial charge in [0.15, 0.2) is 0 Å². The molecule has 0 aromatic heterocycles. The average Bonchev–Trinajstić information content (AvgIpc) is 1.53. The van der Waals surface area contributed by atoms with Gasteiger partial charge in [0.2, 0.25) is 0 Å². The molecule has 0 fully saturated rings. The van der Waals surface area contributed by atoms with Crippen LogP contribution in [0.25, 0.3) is 0 Å². The molecule has 0 spiro atoms. The number of hydrogen-bond acceptors (Lipinski definition) is 2. The van der Waals surface area contributed by atoms with Crippen LogP contribution in [0, 0.1) is 5.41 Å². The van der Waals surface area contributed by atoms with Gasteiger partial charge < -0.3 is 5.11 Å². The summed E-state index contributed by atoms with van der Waals surface area (Å²) < 4.78 is 0. The average molecular weight is 159 g/mol. The number of carboxylic acid groups (broad SMARTS) is 1. The highest BCUT2D eigenvalue weighted by molar-refractivity contribution is 5.68. The van der Waals surface area contributed by atoms with E-state index in [4.69, 9.17) is 5.11 Å². The normalized spacial score (nSPS) is 12.1. The van der Waals surface area contributed by atoms with Gasteiger partial charge in [0, 0.05) is 6.54 Å². The van der Waals surface area contributed by atoms with Crippen LogP contribution in [-0.2, 0) is 4.79 Å². The minimum Gasteiger partial charge on any atom is -0.480 e. The number of carboxylic acids is 1. The highest BCUT2D eigenvalue weighted by Crippen LogP contribution is 2.13. The van der Waals surface area contributed by atoms with Crippen molar-refractivity contribution >= 4 is 5.97 Å². The predicted octanol–water partition coefficient (Wildman–Crippen LogP) is 1.05. The van der Waals surface area contributed by atoms with Gasteiger partial charge in [0.05, 0.1) is 6.54 Å². The fraction of sp³-hybridized carbons (Fsp3) is 0.875. The smallest absolute Gasteiger partial charge is 0.317 e. The molecule has 0 aromatic rings. The zero-order valence-corrected chi connectivity index (χ0v) is 7.72. The molecule has 1 N–H and O–H groups in total. The third-order valence-electron chi connectivity index (χ3n) is 1.15. The van der Waals surface area contributed by atoms with Crippen LogP contribution < -0.4 is 0 Å². The van der Waals surface area contributed by atoms with Crippen molar-refractivity contribution in [2.45, 2.75) is 20.8 Å². The number of hydrogen-bond donors (Lipinski definition) is 1. The number of aliphatic carboxylic acids is 1. The van der Waals surface area contributed by atoms with Crippen LogP contribution >= 0.6 is 0 Å². The summed E-state index contributed by atoms with van der Waals surface area (Å²) in [7, 11) is 1.82. The molecule has 0 bridgehead atoms. The molecule has 0 rings (SSSR count). The molecular formula is C8H17NO2. The Morgan fingerprint density at radius 3 is 2.18 bits per heavy atom. The van der Waals surface area contributed by atoms with E-state index in [2.05, 4.69) is 20.8 Å². The molecule has 0 saturated heterocycles. The minimum atomic E-state index is -0.767. The van der Waals surface area contributed by atoms with Crippen LogP contribution in [0.2, 0.25) is 0 Å². The van der Waals surface area contributed by atoms with E-state index < -0.39 is 5.97 Å². The fourth-order valence-electron chi connectivity index (χ4n) is 1.10. The highest BCUT2D eigenvalue weighted by Gasteiger charge is 2.14. The number of nitrogens with zero attached hydrogens (tertiary/aromatic N) is 1. The maximum absolute atomic E-state index is 10.3. The van der Waals surface area contributed by atoms with Crippen LogP contribution in [0.1, 0.15) is 20.8 Å². The first-order valence-electron chi connectivity index (χ1n) is 3.71. The van der Waals surface area contributed by atoms with E-state index in [-0.39, 0.29) is 12.0 Å². The van der Waals surface area contributed by atoms with Crippen molar-refractivity contribution in [2.75, 3.05) is 20.1 Å². The van der Waals surface area contributed by atoms with Crippen LogP contribution in [0.4, 0.5) is 0 Å². The summed E-state index contributed by atoms with van der Waals surface area (Å²) >= 11 is 0. The number of carbonyl (C=O) groups is 1. The number of rotatable bonds is 3. The van der Waals surface area contributed by atoms with E-state index in [0.717, 1.165) is 6.54 Å². The van der Waals surface area contributed by atoms with E-state index in [1.807, 2.05) is 11.9 Å². The second-order valence-electron chi connectivity index (χ2n) is 4.13. The third-order valence-corrected chi connectivity index (χ3v) is 1.15. The third kappa shape index (κ3) is 7.33. The van der Waals surface area contributed by atoms with E-state index in [0.29, 0.717) is 0 Å². The maximum Gasteiger partial charge on any atom is 0.317 e. The lowest BCUT2D eigenvalue weighted by Gasteiger charge is -2.24. The SMILES string of the molecule is CN(CC(=O)O)CC(C)(C)C. The Bertz CT molecular complexity index is 138. The van der Waals surface area contributed by atoms with Gasteiger partial charge in [-0.15, -0.1) is 0 Å². The monoisotopic (exact) mass is 159 g/mol. The summed E-state index contributed by atoms with van der Waals surface area (Å²) in [6.07, 6.45) is 0. The van der Waals surface area contributed by atoms with Crippen molar-refractivity contribution in [1.29, 1.82) is 0 Å². The van der Waals surface area contributed by atoms with Crippen molar-refractivity contribution < 1.29 is 9.90 Å². The van der Waals surface area contributed by atoms with E-state index in [1.54, 1.807) is 0 Å². The van der Waals surface area contributed by atoms with Gasteiger partial charge in [-0.25, -0.2) is 0 Å². The van der Waals surface area contributed by atoms with Crippen LogP contribution in [0.5, 0.6) is 0 Å². The van der Waals surface area contributed by atoms with Gasteiger partial charge in [-0.2, -0.15) is 0 Å². The molecule has 3 heteroatoms. The summed E-state index contributed by atoms with van der Waals surface area (Å²) in [5.41, 5.74) is 0.171. The van der Waals surface area contributed by atoms with Crippen LogP contribution in [-0.4, -0.2) is 36.1 Å². The lowest BCUT2D eigenvalue weighted by atomic mass is 9.96. The molecule has 11 heavy (non-hydrogen) atoms. The first kappa shape index (κ1) is 10.4. The molecule has 0 aliphatic carbocycles. The van der Waals surface area contributed by atoms with Gasteiger partial charge in [-0.3, -0.25) is 9.69 Å². The Hall–Kier alpha value is -0.570. The molecule has 0 amide bonds. The predicted molar refractivity (Wildman–Crippen MR) is 44.6 cm³/mol. The van der Waals surface area contributed by atoms with Gasteiger partial charge in [-0.05, 0) is 12.5 Å². The quantitative estimate of drug-likeness (QED) is 0.669. The van der Waals surface area contributed by atoms with Gasteiger partial charge in [0.1, 0.15) is 0 Å². The van der Waals surface area contributed by atoms with Gasteiger partial charge in [0.25, 0.3) is 0 Å². The first-order chi connectivity index (χ1) is 4.81. The Balaban J connectivity index is 3.69. The van der Waals surface area contributed by atoms with Crippen molar-refractivity contribution in [3.8, 4) is 0 Å². The minimum absolute atomic E-state index is 0.122. The second kappa shape index (κ2) is 3.72. The molecular weight excluding hydrogens is 142 g/mol. The molecule has 0 radical (unpaired) electrons. The summed E-state index contributed by atoms with van der Waals surface area (Å²) in [4.78, 5) is 12.1. The topological polar surface area (TPSA) is 40.5 Å². The largest absolute Gasteiger partial charge is 0.480 e. The molecule has 66 valence electrons. The van der Waals surface area contributed by atoms with Crippen molar-refractivity contribution in [2.24, 2.45) is 5.41 Å². The first-order valence-corrected chi connectivity index (χ1v) is 3.71. The zero-order chi connectivity index (χ0) is 9.07. The molecule has 0 aromatic carbocycles. The summed E-state index contributed by atoms with van der Waals surface area (Å²) in [6, 6.07) is 0. The van der Waals surface area contributed by atoms with Gasteiger partial charge >= 0.3 is 5.97 Å². The Kier molecular flexibility index (Phi) is 3.52. The Labute approximate surface area is 68.0 Å². The van der Waals surface area contributed by atoms with E-state index in [1.165, 1.54) is 0 Å². The molecule has 0 aliphatic heterocycles. The zero-order valence-electron chi connectivity index (χ0n) is 7.72. The lowest BCUT2D eigenvalue weighted by molar-refractivity contribution is -0.138. The van der Waals surface area contributed by atoms with Crippen molar-refractivity contribution in [3.05, 3.63) is 0 Å². The highest BCUT2D eigenvalue weighted by atomic mass is 16.4. The van der Waals surface area contributed by atoms with Crippen molar-refractivity contribution in [3.63, 3.8) is 0 Å². The lowest BCUT2D eigenvalue weighted by Crippen LogP contribution is -2.33. The maximum atomic E-state index is 10.3. The Morgan fingerprint density at radius 1 is 1.45 bits per heavy atom. The molecule has 0 aliphatic rings. The van der Waals surface area contributed by atoms with Crippen molar-refractivity contribution in [1.82, 2.24) is 4.90 Å². The fourth-order valence-corrected chi connectivity index (χ4v) is 1.10. The Morgan fingerprint density at radius 2 is 1.91 bits per heavy atom. The molecule has 0 saturated carbocycles.